The Morgan fingerprint density at radius 3 is 2.57 bits per heavy atom. The molecule has 1 saturated carbocycles. The first-order valence-corrected chi connectivity index (χ1v) is 7.54. The van der Waals surface area contributed by atoms with Gasteiger partial charge in [-0.3, -0.25) is 0 Å². The molecule has 1 aromatic carbocycles. The summed E-state index contributed by atoms with van der Waals surface area (Å²) in [5, 5.41) is 3.40. The smallest absolute Gasteiger partial charge is 0.333 e. The van der Waals surface area contributed by atoms with E-state index in [0.29, 0.717) is 6.54 Å². The zero-order chi connectivity index (χ0) is 14.7. The molecule has 112 valence electrons. The van der Waals surface area contributed by atoms with Gasteiger partial charge < -0.3 is 14.8 Å². The molecule has 21 heavy (non-hydrogen) atoms. The Labute approximate surface area is 125 Å². The summed E-state index contributed by atoms with van der Waals surface area (Å²) >= 11 is 0. The van der Waals surface area contributed by atoms with E-state index in [0.717, 1.165) is 42.7 Å². The molecule has 1 aromatic rings. The second kappa shape index (κ2) is 5.80. The Morgan fingerprint density at radius 2 is 1.90 bits per heavy atom. The Balaban J connectivity index is 1.67. The highest BCUT2D eigenvalue weighted by Gasteiger charge is 2.43. The number of carbonyl (C=O) groups excluding carboxylic acids is 1. The number of nitrogens with one attached hydrogen (secondary N) is 1. The summed E-state index contributed by atoms with van der Waals surface area (Å²) in [6.45, 7) is 0.689. The van der Waals surface area contributed by atoms with Gasteiger partial charge in [-0.15, -0.1) is 0 Å². The van der Waals surface area contributed by atoms with E-state index in [-0.39, 0.29) is 11.6 Å². The van der Waals surface area contributed by atoms with Crippen molar-refractivity contribution in [2.45, 2.75) is 44.2 Å². The molecule has 1 aliphatic heterocycles. The van der Waals surface area contributed by atoms with Crippen molar-refractivity contribution in [1.82, 2.24) is 5.32 Å². The summed E-state index contributed by atoms with van der Waals surface area (Å²) in [6, 6.07) is 7.94. The van der Waals surface area contributed by atoms with Crippen LogP contribution in [0.1, 0.15) is 37.7 Å². The molecular formula is C17H21NO3. The SMILES string of the molecule is COc1ccc(CNC2=CC(=O)OC23CCCCC3)cc1. The van der Waals surface area contributed by atoms with Gasteiger partial charge in [0.05, 0.1) is 12.8 Å². The van der Waals surface area contributed by atoms with E-state index in [1.807, 2.05) is 24.3 Å². The average molecular weight is 287 g/mol. The Morgan fingerprint density at radius 1 is 1.19 bits per heavy atom. The standard InChI is InChI=1S/C17H21NO3/c1-20-14-7-5-13(6-8-14)12-18-15-11-16(19)21-17(15)9-3-2-4-10-17/h5-8,11,18H,2-4,9-10,12H2,1H3. The number of rotatable bonds is 4. The van der Waals surface area contributed by atoms with Crippen LogP contribution in [0.15, 0.2) is 36.0 Å². The molecule has 1 spiro atoms. The van der Waals surface area contributed by atoms with E-state index in [1.165, 1.54) is 6.42 Å². The Bertz CT molecular complexity index is 542. The zero-order valence-electron chi connectivity index (χ0n) is 12.4. The van der Waals surface area contributed by atoms with Crippen LogP contribution < -0.4 is 10.1 Å². The normalized spacial score (nSPS) is 20.0. The third kappa shape index (κ3) is 2.89. The number of benzene rings is 1. The minimum Gasteiger partial charge on any atom is -0.497 e. The van der Waals surface area contributed by atoms with E-state index in [9.17, 15) is 4.79 Å². The van der Waals surface area contributed by atoms with Gasteiger partial charge in [0.2, 0.25) is 0 Å². The van der Waals surface area contributed by atoms with Gasteiger partial charge in [-0.25, -0.2) is 4.79 Å². The average Bonchev–Trinajstić information content (AvgIpc) is 2.81. The molecule has 0 aromatic heterocycles. The van der Waals surface area contributed by atoms with Crippen molar-refractivity contribution < 1.29 is 14.3 Å². The Kier molecular flexibility index (Phi) is 3.86. The van der Waals surface area contributed by atoms with Crippen LogP contribution >= 0.6 is 0 Å². The van der Waals surface area contributed by atoms with Gasteiger partial charge in [0.25, 0.3) is 0 Å². The van der Waals surface area contributed by atoms with E-state index in [1.54, 1.807) is 13.2 Å². The second-order valence-electron chi connectivity index (χ2n) is 5.74. The first-order chi connectivity index (χ1) is 10.2. The van der Waals surface area contributed by atoms with Crippen molar-refractivity contribution in [3.63, 3.8) is 0 Å². The summed E-state index contributed by atoms with van der Waals surface area (Å²) in [5.41, 5.74) is 1.71. The summed E-state index contributed by atoms with van der Waals surface area (Å²) in [4.78, 5) is 11.7. The largest absolute Gasteiger partial charge is 0.497 e. The molecule has 0 unspecified atom stereocenters. The van der Waals surface area contributed by atoms with E-state index in [4.69, 9.17) is 9.47 Å². The van der Waals surface area contributed by atoms with Crippen LogP contribution in [0.5, 0.6) is 5.75 Å². The minimum atomic E-state index is -0.387. The molecule has 1 heterocycles. The van der Waals surface area contributed by atoms with Crippen LogP contribution in [0.3, 0.4) is 0 Å². The highest BCUT2D eigenvalue weighted by molar-refractivity contribution is 5.86. The fraction of sp³-hybridized carbons (Fsp3) is 0.471. The van der Waals surface area contributed by atoms with Gasteiger partial charge in [-0.1, -0.05) is 18.6 Å². The van der Waals surface area contributed by atoms with Crippen molar-refractivity contribution >= 4 is 5.97 Å². The lowest BCUT2D eigenvalue weighted by atomic mass is 9.83. The molecule has 3 rings (SSSR count). The van der Waals surface area contributed by atoms with Crippen molar-refractivity contribution in [2.75, 3.05) is 7.11 Å². The predicted octanol–water partition coefficient (Wildman–Crippen LogP) is 2.93. The number of ether oxygens (including phenoxy) is 2. The first-order valence-electron chi connectivity index (χ1n) is 7.54. The number of hydrogen-bond acceptors (Lipinski definition) is 4. The lowest BCUT2D eigenvalue weighted by Gasteiger charge is -2.34. The number of methoxy groups -OCH3 is 1. The molecule has 2 aliphatic rings. The lowest BCUT2D eigenvalue weighted by molar-refractivity contribution is -0.148. The molecular weight excluding hydrogens is 266 g/mol. The van der Waals surface area contributed by atoms with Crippen molar-refractivity contribution in [3.8, 4) is 5.75 Å². The number of esters is 1. The van der Waals surface area contributed by atoms with Crippen LogP contribution in [0.2, 0.25) is 0 Å². The predicted molar refractivity (Wildman–Crippen MR) is 79.8 cm³/mol. The third-order valence-electron chi connectivity index (χ3n) is 4.35. The topological polar surface area (TPSA) is 47.6 Å². The third-order valence-corrected chi connectivity index (χ3v) is 4.35. The van der Waals surface area contributed by atoms with Crippen LogP contribution in [-0.4, -0.2) is 18.7 Å². The van der Waals surface area contributed by atoms with E-state index in [2.05, 4.69) is 5.32 Å². The van der Waals surface area contributed by atoms with Gasteiger partial charge in [-0.2, -0.15) is 0 Å². The second-order valence-corrected chi connectivity index (χ2v) is 5.74. The first kappa shape index (κ1) is 14.0. The van der Waals surface area contributed by atoms with Crippen LogP contribution in [0, 0.1) is 0 Å². The number of carbonyl (C=O) groups is 1. The maximum absolute atomic E-state index is 11.7. The molecule has 0 radical (unpaired) electrons. The van der Waals surface area contributed by atoms with Crippen molar-refractivity contribution in [1.29, 1.82) is 0 Å². The number of hydrogen-bond donors (Lipinski definition) is 1. The summed E-state index contributed by atoms with van der Waals surface area (Å²) in [7, 11) is 1.66. The maximum Gasteiger partial charge on any atom is 0.333 e. The summed E-state index contributed by atoms with van der Waals surface area (Å²) in [6.07, 6.45) is 6.95. The van der Waals surface area contributed by atoms with Gasteiger partial charge in [0.1, 0.15) is 5.75 Å². The highest BCUT2D eigenvalue weighted by atomic mass is 16.6. The van der Waals surface area contributed by atoms with Gasteiger partial charge in [-0.05, 0) is 43.4 Å². The molecule has 0 bridgehead atoms. The van der Waals surface area contributed by atoms with E-state index >= 15 is 0 Å². The van der Waals surface area contributed by atoms with Gasteiger partial charge in [0.15, 0.2) is 5.60 Å². The van der Waals surface area contributed by atoms with Crippen LogP contribution in [-0.2, 0) is 16.1 Å². The molecule has 0 amide bonds. The molecule has 4 heteroatoms. The monoisotopic (exact) mass is 287 g/mol. The van der Waals surface area contributed by atoms with Crippen molar-refractivity contribution in [2.24, 2.45) is 0 Å². The molecule has 4 nitrogen and oxygen atoms in total. The van der Waals surface area contributed by atoms with Gasteiger partial charge >= 0.3 is 5.97 Å². The highest BCUT2D eigenvalue weighted by Crippen LogP contribution is 2.40. The Hall–Kier alpha value is -1.97. The van der Waals surface area contributed by atoms with E-state index < -0.39 is 0 Å². The quantitative estimate of drug-likeness (QED) is 0.865. The summed E-state index contributed by atoms with van der Waals surface area (Å²) < 4.78 is 10.8. The fourth-order valence-electron chi connectivity index (χ4n) is 3.17. The lowest BCUT2D eigenvalue weighted by Crippen LogP contribution is -2.39. The van der Waals surface area contributed by atoms with Crippen LogP contribution in [0.25, 0.3) is 0 Å². The van der Waals surface area contributed by atoms with Gasteiger partial charge in [0, 0.05) is 12.6 Å². The molecule has 1 fully saturated rings. The zero-order valence-corrected chi connectivity index (χ0v) is 12.4. The molecule has 0 atom stereocenters. The summed E-state index contributed by atoms with van der Waals surface area (Å²) in [5.74, 6) is 0.634. The van der Waals surface area contributed by atoms with Crippen molar-refractivity contribution in [3.05, 3.63) is 41.6 Å². The minimum absolute atomic E-state index is 0.214. The fourth-order valence-corrected chi connectivity index (χ4v) is 3.17. The molecule has 1 N–H and O–H groups in total. The molecule has 0 saturated heterocycles. The molecule has 1 aliphatic carbocycles. The van der Waals surface area contributed by atoms with Crippen LogP contribution in [0.4, 0.5) is 0 Å². The maximum atomic E-state index is 11.7.